The van der Waals surface area contributed by atoms with Crippen LogP contribution in [0.2, 0.25) is 0 Å². The summed E-state index contributed by atoms with van der Waals surface area (Å²) in [7, 11) is 1.64. The summed E-state index contributed by atoms with van der Waals surface area (Å²) in [6.07, 6.45) is 1.52. The van der Waals surface area contributed by atoms with Gasteiger partial charge in [0, 0.05) is 26.3 Å². The molecule has 1 aromatic carbocycles. The lowest BCUT2D eigenvalue weighted by molar-refractivity contribution is 0.199. The monoisotopic (exact) mass is 280 g/mol. The van der Waals surface area contributed by atoms with Gasteiger partial charge in [-0.2, -0.15) is 0 Å². The molecule has 0 saturated heterocycles. The van der Waals surface area contributed by atoms with E-state index in [-0.39, 0.29) is 12.4 Å². The Labute approximate surface area is 116 Å². The third-order valence-electron chi connectivity index (χ3n) is 2.67. The van der Waals surface area contributed by atoms with Crippen LogP contribution in [0.5, 0.6) is 5.75 Å². The molecule has 0 fully saturated rings. The zero-order valence-electron chi connectivity index (χ0n) is 11.3. The highest BCUT2D eigenvalue weighted by atomic mass is 19.1. The van der Waals surface area contributed by atoms with Gasteiger partial charge in [0.2, 0.25) is 0 Å². The number of methoxy groups -OCH3 is 1. The molecule has 0 aliphatic carbocycles. The van der Waals surface area contributed by atoms with Crippen LogP contribution in [0.15, 0.2) is 35.0 Å². The second-order valence-corrected chi connectivity index (χ2v) is 4.20. The Morgan fingerprint density at radius 1 is 1.35 bits per heavy atom. The third kappa shape index (κ3) is 4.32. The van der Waals surface area contributed by atoms with Gasteiger partial charge in [-0.1, -0.05) is 11.2 Å². The molecule has 6 heteroatoms. The van der Waals surface area contributed by atoms with Crippen LogP contribution in [-0.2, 0) is 17.9 Å². The molecule has 0 atom stereocenters. The van der Waals surface area contributed by atoms with Crippen LogP contribution < -0.4 is 10.1 Å². The normalized spacial score (nSPS) is 10.7. The molecule has 0 saturated carbocycles. The summed E-state index contributed by atoms with van der Waals surface area (Å²) < 4.78 is 29.0. The maximum atomic E-state index is 13.8. The minimum absolute atomic E-state index is 0.155. The van der Waals surface area contributed by atoms with Gasteiger partial charge in [0.05, 0.1) is 12.8 Å². The largest absolute Gasteiger partial charge is 0.482 e. The molecule has 0 radical (unpaired) electrons. The van der Waals surface area contributed by atoms with Crippen molar-refractivity contribution in [3.05, 3.63) is 47.6 Å². The van der Waals surface area contributed by atoms with Gasteiger partial charge in [-0.25, -0.2) is 4.39 Å². The highest BCUT2D eigenvalue weighted by molar-refractivity contribution is 5.29. The fraction of sp³-hybridized carbons (Fsp3) is 0.357. The minimum atomic E-state index is -0.393. The number of rotatable bonds is 8. The highest BCUT2D eigenvalue weighted by Crippen LogP contribution is 2.19. The molecule has 0 amide bonds. The molecule has 0 spiro atoms. The number of nitrogens with zero attached hydrogens (tertiary/aromatic N) is 1. The summed E-state index contributed by atoms with van der Waals surface area (Å²) >= 11 is 0. The summed E-state index contributed by atoms with van der Waals surface area (Å²) in [4.78, 5) is 0. The molecule has 2 rings (SSSR count). The van der Waals surface area contributed by atoms with Crippen molar-refractivity contribution < 1.29 is 18.4 Å². The number of halogens is 1. The van der Waals surface area contributed by atoms with Gasteiger partial charge in [0.15, 0.2) is 17.3 Å². The Hall–Kier alpha value is -1.92. The van der Waals surface area contributed by atoms with E-state index in [9.17, 15) is 4.39 Å². The third-order valence-corrected chi connectivity index (χ3v) is 2.67. The van der Waals surface area contributed by atoms with Gasteiger partial charge in [-0.15, -0.1) is 0 Å². The lowest BCUT2D eigenvalue weighted by Gasteiger charge is -2.08. The Morgan fingerprint density at radius 2 is 2.25 bits per heavy atom. The van der Waals surface area contributed by atoms with Crippen molar-refractivity contribution in [1.29, 1.82) is 0 Å². The Kier molecular flexibility index (Phi) is 5.52. The number of benzene rings is 1. The SMILES string of the molecule is COCCNCc1ccc(OCc2ccno2)c(F)c1. The van der Waals surface area contributed by atoms with Crippen LogP contribution in [0.1, 0.15) is 11.3 Å². The van der Waals surface area contributed by atoms with E-state index in [1.165, 1.54) is 12.3 Å². The van der Waals surface area contributed by atoms with E-state index in [0.717, 1.165) is 12.1 Å². The molecular formula is C14H17FN2O3. The topological polar surface area (TPSA) is 56.5 Å². The van der Waals surface area contributed by atoms with Crippen LogP contribution in [0.25, 0.3) is 0 Å². The number of nitrogens with one attached hydrogen (secondary N) is 1. The first-order valence-electron chi connectivity index (χ1n) is 6.30. The van der Waals surface area contributed by atoms with Crippen LogP contribution in [0.3, 0.4) is 0 Å². The fourth-order valence-electron chi connectivity index (χ4n) is 1.64. The van der Waals surface area contributed by atoms with Crippen LogP contribution in [-0.4, -0.2) is 25.4 Å². The van der Waals surface area contributed by atoms with Gasteiger partial charge in [0.1, 0.15) is 6.61 Å². The minimum Gasteiger partial charge on any atom is -0.482 e. The average molecular weight is 280 g/mol. The van der Waals surface area contributed by atoms with Crippen molar-refractivity contribution in [2.45, 2.75) is 13.2 Å². The number of hydrogen-bond acceptors (Lipinski definition) is 5. The molecule has 2 aromatic rings. The van der Waals surface area contributed by atoms with Crippen molar-refractivity contribution in [3.8, 4) is 5.75 Å². The van der Waals surface area contributed by atoms with E-state index in [0.29, 0.717) is 18.9 Å². The van der Waals surface area contributed by atoms with Crippen molar-refractivity contribution in [2.75, 3.05) is 20.3 Å². The molecule has 0 aliphatic heterocycles. The van der Waals surface area contributed by atoms with Gasteiger partial charge in [-0.3, -0.25) is 0 Å². The van der Waals surface area contributed by atoms with Crippen LogP contribution >= 0.6 is 0 Å². The fourth-order valence-corrected chi connectivity index (χ4v) is 1.64. The number of ether oxygens (including phenoxy) is 2. The van der Waals surface area contributed by atoms with Gasteiger partial charge in [-0.05, 0) is 17.7 Å². The molecule has 5 nitrogen and oxygen atoms in total. The van der Waals surface area contributed by atoms with E-state index < -0.39 is 5.82 Å². The van der Waals surface area contributed by atoms with E-state index >= 15 is 0 Å². The second-order valence-electron chi connectivity index (χ2n) is 4.20. The van der Waals surface area contributed by atoms with E-state index in [1.54, 1.807) is 19.2 Å². The van der Waals surface area contributed by atoms with Crippen molar-refractivity contribution in [3.63, 3.8) is 0 Å². The van der Waals surface area contributed by atoms with Crippen molar-refractivity contribution in [1.82, 2.24) is 10.5 Å². The summed E-state index contributed by atoms with van der Waals surface area (Å²) in [5.74, 6) is 0.354. The first-order valence-corrected chi connectivity index (χ1v) is 6.30. The molecule has 1 heterocycles. The molecule has 20 heavy (non-hydrogen) atoms. The lowest BCUT2D eigenvalue weighted by atomic mass is 10.2. The number of aromatic nitrogens is 1. The van der Waals surface area contributed by atoms with E-state index in [2.05, 4.69) is 10.5 Å². The predicted molar refractivity (Wildman–Crippen MR) is 70.8 cm³/mol. The summed E-state index contributed by atoms with van der Waals surface area (Å²) in [6.45, 7) is 2.09. The average Bonchev–Trinajstić information content (AvgIpc) is 2.96. The van der Waals surface area contributed by atoms with Gasteiger partial charge >= 0.3 is 0 Å². The smallest absolute Gasteiger partial charge is 0.174 e. The molecule has 0 aliphatic rings. The summed E-state index contributed by atoms with van der Waals surface area (Å²) in [5.41, 5.74) is 0.852. The molecule has 1 aromatic heterocycles. The zero-order valence-corrected chi connectivity index (χ0v) is 11.3. The first-order chi connectivity index (χ1) is 9.79. The maximum absolute atomic E-state index is 13.8. The van der Waals surface area contributed by atoms with Crippen LogP contribution in [0, 0.1) is 5.82 Å². The Bertz CT molecular complexity index is 517. The number of hydrogen-bond donors (Lipinski definition) is 1. The second kappa shape index (κ2) is 7.62. The van der Waals surface area contributed by atoms with E-state index in [1.807, 2.05) is 6.07 Å². The van der Waals surface area contributed by atoms with Gasteiger partial charge in [0.25, 0.3) is 0 Å². The van der Waals surface area contributed by atoms with Crippen LogP contribution in [0.4, 0.5) is 4.39 Å². The molecule has 0 unspecified atom stereocenters. The maximum Gasteiger partial charge on any atom is 0.174 e. The summed E-state index contributed by atoms with van der Waals surface area (Å²) in [6, 6.07) is 6.55. The standard InChI is InChI=1S/C14H17FN2O3/c1-18-7-6-16-9-11-2-3-14(13(15)8-11)19-10-12-4-5-17-20-12/h2-5,8,16H,6-7,9-10H2,1H3. The molecular weight excluding hydrogens is 263 g/mol. The predicted octanol–water partition coefficient (Wildman–Crippen LogP) is 2.13. The van der Waals surface area contributed by atoms with Crippen molar-refractivity contribution >= 4 is 0 Å². The molecule has 1 N–H and O–H groups in total. The highest BCUT2D eigenvalue weighted by Gasteiger charge is 2.06. The van der Waals surface area contributed by atoms with E-state index in [4.69, 9.17) is 14.0 Å². The Morgan fingerprint density at radius 3 is 2.95 bits per heavy atom. The first kappa shape index (κ1) is 14.5. The van der Waals surface area contributed by atoms with Gasteiger partial charge < -0.3 is 19.3 Å². The summed E-state index contributed by atoms with van der Waals surface area (Å²) in [5, 5.41) is 6.70. The zero-order chi connectivity index (χ0) is 14.2. The lowest BCUT2D eigenvalue weighted by Crippen LogP contribution is -2.18. The molecule has 0 bridgehead atoms. The quantitative estimate of drug-likeness (QED) is 0.751. The Balaban J connectivity index is 1.85. The molecule has 108 valence electrons. The van der Waals surface area contributed by atoms with Crippen molar-refractivity contribution in [2.24, 2.45) is 0 Å².